The van der Waals surface area contributed by atoms with Crippen LogP contribution in [0.2, 0.25) is 0 Å². The number of methoxy groups -OCH3 is 6. The summed E-state index contributed by atoms with van der Waals surface area (Å²) in [6, 6.07) is 15.8. The number of aromatic hydroxyl groups is 2. The van der Waals surface area contributed by atoms with Crippen molar-refractivity contribution in [3.8, 4) is 79.6 Å². The molecule has 10 nitrogen and oxygen atoms in total. The Morgan fingerprint density at radius 2 is 0.902 bits per heavy atom. The third-order valence-electron chi connectivity index (χ3n) is 10.2. The fourth-order valence-electron chi connectivity index (χ4n) is 7.86. The molecule has 0 aliphatic carbocycles. The number of benzene rings is 4. The average Bonchev–Trinajstić information content (AvgIpc) is 3.15. The van der Waals surface area contributed by atoms with E-state index in [1.807, 2.05) is 36.4 Å². The maximum atomic E-state index is 11.9. The number of rotatable bonds is 7. The second-order valence-electron chi connectivity index (χ2n) is 12.5. The predicted molar refractivity (Wildman–Crippen MR) is 188 cm³/mol. The summed E-state index contributed by atoms with van der Waals surface area (Å²) in [7, 11) is 9.64. The lowest BCUT2D eigenvalue weighted by Crippen LogP contribution is -3.00. The highest BCUT2D eigenvalue weighted by atomic mass is 35.5. The Morgan fingerprint density at radius 1 is 0.510 bits per heavy atom. The van der Waals surface area contributed by atoms with Crippen molar-refractivity contribution in [1.82, 2.24) is 0 Å². The Balaban J connectivity index is 0.00000406. The van der Waals surface area contributed by atoms with Gasteiger partial charge in [0, 0.05) is 36.1 Å². The van der Waals surface area contributed by atoms with Crippen molar-refractivity contribution in [2.24, 2.45) is 0 Å². The van der Waals surface area contributed by atoms with Crippen LogP contribution in [0, 0.1) is 0 Å². The number of phenolic OH excluding ortho intramolecular Hbond substituents is 2. The average molecular weight is 710 g/mol. The van der Waals surface area contributed by atoms with Gasteiger partial charge in [-0.05, 0) is 58.3 Å². The quantitative estimate of drug-likeness (QED) is 0.244. The number of aryl methyl sites for hydroxylation is 2. The van der Waals surface area contributed by atoms with E-state index in [9.17, 15) is 10.2 Å². The Kier molecular flexibility index (Phi) is 8.59. The van der Waals surface area contributed by atoms with Gasteiger partial charge >= 0.3 is 0 Å². The van der Waals surface area contributed by atoms with Gasteiger partial charge in [0.05, 0.1) is 64.6 Å². The van der Waals surface area contributed by atoms with Gasteiger partial charge < -0.3 is 51.0 Å². The highest BCUT2D eigenvalue weighted by Crippen LogP contribution is 2.54. The van der Waals surface area contributed by atoms with Gasteiger partial charge in [-0.2, -0.15) is 9.13 Å². The number of nitrogens with zero attached hydrogens (tertiary/aromatic N) is 2. The van der Waals surface area contributed by atoms with E-state index in [1.165, 1.54) is 0 Å². The molecule has 0 spiro atoms. The molecule has 0 saturated carbocycles. The monoisotopic (exact) mass is 709 g/mol. The lowest BCUT2D eigenvalue weighted by molar-refractivity contribution is -0.686. The van der Waals surface area contributed by atoms with Crippen LogP contribution < -0.4 is 50.0 Å². The molecule has 6 aromatic rings. The molecule has 0 fully saturated rings. The minimum Gasteiger partial charge on any atom is -1.00 e. The van der Waals surface area contributed by atoms with Gasteiger partial charge in [-0.25, -0.2) is 0 Å². The molecule has 11 heteroatoms. The fourth-order valence-corrected chi connectivity index (χ4v) is 7.86. The number of ether oxygens (including phenoxy) is 6. The maximum absolute atomic E-state index is 11.9. The summed E-state index contributed by atoms with van der Waals surface area (Å²) in [5, 5.41) is 27.7. The Labute approximate surface area is 301 Å². The van der Waals surface area contributed by atoms with Crippen LogP contribution in [0.4, 0.5) is 0 Å². The number of hydrogen-bond acceptors (Lipinski definition) is 8. The molecule has 0 atom stereocenters. The molecule has 51 heavy (non-hydrogen) atoms. The number of fused-ring (bicyclic) bond motifs is 8. The van der Waals surface area contributed by atoms with Crippen LogP contribution in [0.1, 0.15) is 11.1 Å². The highest BCUT2D eigenvalue weighted by molar-refractivity contribution is 5.97. The van der Waals surface area contributed by atoms with E-state index < -0.39 is 0 Å². The van der Waals surface area contributed by atoms with Crippen molar-refractivity contribution in [1.29, 1.82) is 0 Å². The normalized spacial score (nSPS) is 12.6. The summed E-state index contributed by atoms with van der Waals surface area (Å²) in [4.78, 5) is 0. The van der Waals surface area contributed by atoms with Crippen LogP contribution in [0.5, 0.6) is 46.0 Å². The van der Waals surface area contributed by atoms with Crippen molar-refractivity contribution >= 4 is 21.5 Å². The first kappa shape index (κ1) is 33.9. The zero-order chi connectivity index (χ0) is 34.8. The zero-order valence-corrected chi connectivity index (χ0v) is 30.0. The lowest BCUT2D eigenvalue weighted by Gasteiger charge is -2.26. The standard InChI is InChI=1S/C40H36N2O8.ClH/c1-45-31-9-7-21-15-29-25-17-33(47-3)37(43)35(23(25)11-13-41(29)19-27(21)39(31)49-5)36-24-12-14-42-20-28-22(8-10-32(46-2)40(28)50-6)16-30(42)26(24)18-34(48-4)38(36)44;/h7-10,15-20H,11-14H2,1-6H3;1H/p+1. The number of pyridine rings is 2. The molecule has 2 aromatic heterocycles. The van der Waals surface area contributed by atoms with E-state index in [1.54, 1.807) is 42.7 Å². The molecule has 0 unspecified atom stereocenters. The molecule has 8 rings (SSSR count). The molecule has 2 aliphatic heterocycles. The van der Waals surface area contributed by atoms with Crippen molar-refractivity contribution in [2.75, 3.05) is 42.7 Å². The molecule has 4 heterocycles. The number of phenols is 2. The molecular weight excluding hydrogens is 672 g/mol. The molecule has 2 N–H and O–H groups in total. The van der Waals surface area contributed by atoms with Gasteiger partial charge in [0.25, 0.3) is 0 Å². The topological polar surface area (TPSA) is 104 Å². The van der Waals surface area contributed by atoms with Crippen LogP contribution in [-0.2, 0) is 25.9 Å². The molecule has 2 aliphatic rings. The van der Waals surface area contributed by atoms with E-state index >= 15 is 0 Å². The van der Waals surface area contributed by atoms with Crippen LogP contribution in [0.15, 0.2) is 60.9 Å². The number of halogens is 1. The molecule has 262 valence electrons. The van der Waals surface area contributed by atoms with Crippen LogP contribution in [-0.4, -0.2) is 52.9 Å². The van der Waals surface area contributed by atoms with E-state index in [0.29, 0.717) is 71.6 Å². The Hall–Kier alpha value is -5.61. The first-order valence-electron chi connectivity index (χ1n) is 16.4. The summed E-state index contributed by atoms with van der Waals surface area (Å²) >= 11 is 0. The lowest BCUT2D eigenvalue weighted by atomic mass is 9.82. The Bertz CT molecular complexity index is 2230. The van der Waals surface area contributed by atoms with Gasteiger partial charge in [-0.1, -0.05) is 0 Å². The molecule has 0 bridgehead atoms. The van der Waals surface area contributed by atoms with Crippen LogP contribution >= 0.6 is 0 Å². The second-order valence-corrected chi connectivity index (χ2v) is 12.5. The summed E-state index contributed by atoms with van der Waals surface area (Å²) in [6.07, 6.45) is 5.37. The van der Waals surface area contributed by atoms with Crippen LogP contribution in [0.3, 0.4) is 0 Å². The van der Waals surface area contributed by atoms with E-state index in [-0.39, 0.29) is 23.9 Å². The van der Waals surface area contributed by atoms with Crippen molar-refractivity contribution in [3.05, 3.63) is 72.1 Å². The van der Waals surface area contributed by atoms with Gasteiger partial charge in [-0.15, -0.1) is 0 Å². The SMILES string of the molecule is COc1cc2c(c(-c3c(O)c(OC)cc4c3CC[n+]3cc5c(OC)c(OC)ccc5cc3-4)c1O)CC[n+]1cc3c(OC)c(OC)ccc3cc1-2.[Cl-]. The van der Waals surface area contributed by atoms with Gasteiger partial charge in [0.15, 0.2) is 71.5 Å². The third-order valence-corrected chi connectivity index (χ3v) is 10.2. The van der Waals surface area contributed by atoms with E-state index in [4.69, 9.17) is 28.4 Å². The Morgan fingerprint density at radius 3 is 1.25 bits per heavy atom. The summed E-state index contributed by atoms with van der Waals surface area (Å²) in [6.45, 7) is 1.28. The van der Waals surface area contributed by atoms with E-state index in [2.05, 4.69) is 33.7 Å². The van der Waals surface area contributed by atoms with Crippen molar-refractivity contribution < 1.29 is 60.2 Å². The van der Waals surface area contributed by atoms with Crippen LogP contribution in [0.25, 0.3) is 55.2 Å². The fraction of sp³-hybridized carbons (Fsp3) is 0.250. The first-order chi connectivity index (χ1) is 24.3. The number of aromatic nitrogens is 2. The van der Waals surface area contributed by atoms with Gasteiger partial charge in [0.1, 0.15) is 0 Å². The summed E-state index contributed by atoms with van der Waals surface area (Å²) < 4.78 is 38.6. The summed E-state index contributed by atoms with van der Waals surface area (Å²) in [5.74, 6) is 3.25. The predicted octanol–water partition coefficient (Wildman–Crippen LogP) is 3.15. The molecule has 0 radical (unpaired) electrons. The highest BCUT2D eigenvalue weighted by Gasteiger charge is 2.36. The maximum Gasteiger partial charge on any atom is 0.213 e. The molecule has 0 saturated heterocycles. The smallest absolute Gasteiger partial charge is 0.213 e. The van der Waals surface area contributed by atoms with Crippen molar-refractivity contribution in [3.63, 3.8) is 0 Å². The van der Waals surface area contributed by atoms with Gasteiger partial charge in [-0.3, -0.25) is 0 Å². The summed E-state index contributed by atoms with van der Waals surface area (Å²) in [5.41, 5.74) is 6.66. The van der Waals surface area contributed by atoms with Gasteiger partial charge in [0.2, 0.25) is 11.4 Å². The zero-order valence-electron chi connectivity index (χ0n) is 29.2. The minimum absolute atomic E-state index is 0. The van der Waals surface area contributed by atoms with E-state index in [0.717, 1.165) is 55.2 Å². The largest absolute Gasteiger partial charge is 1.00 e. The second kappa shape index (κ2) is 12.9. The number of hydrogen-bond donors (Lipinski definition) is 2. The molecular formula is C40H38ClN2O8+. The molecule has 0 amide bonds. The molecule has 4 aromatic carbocycles. The minimum atomic E-state index is -0.0218. The first-order valence-corrected chi connectivity index (χ1v) is 16.4. The van der Waals surface area contributed by atoms with Crippen molar-refractivity contribution in [2.45, 2.75) is 25.9 Å². The third kappa shape index (κ3) is 4.99.